The first kappa shape index (κ1) is 10.4. The number of imidazole rings is 1. The second kappa shape index (κ2) is 3.91. The number of hydrogen-bond donors (Lipinski definition) is 1. The van der Waals surface area contributed by atoms with E-state index in [1.807, 2.05) is 24.4 Å². The van der Waals surface area contributed by atoms with Gasteiger partial charge < -0.3 is 10.3 Å². The number of hydrogen-bond acceptors (Lipinski definition) is 2. The van der Waals surface area contributed by atoms with E-state index in [-0.39, 0.29) is 0 Å². The summed E-state index contributed by atoms with van der Waals surface area (Å²) in [6, 6.07) is 7.96. The minimum atomic E-state index is 0.617. The summed E-state index contributed by atoms with van der Waals surface area (Å²) in [7, 11) is 0. The summed E-state index contributed by atoms with van der Waals surface area (Å²) in [5.41, 5.74) is 9.10. The Morgan fingerprint density at radius 2 is 2.29 bits per heavy atom. The van der Waals surface area contributed by atoms with Crippen LogP contribution in [0.15, 0.2) is 30.5 Å². The van der Waals surface area contributed by atoms with Crippen molar-refractivity contribution in [2.45, 2.75) is 32.2 Å². The van der Waals surface area contributed by atoms with Gasteiger partial charge in [0.05, 0.1) is 0 Å². The van der Waals surface area contributed by atoms with Crippen LogP contribution in [0, 0.1) is 0 Å². The first-order valence-electron chi connectivity index (χ1n) is 6.17. The SMILES string of the molecule is CC1CCCn2c1cnc2-c1cccc(N)c1. The van der Waals surface area contributed by atoms with Crippen molar-refractivity contribution >= 4 is 5.69 Å². The molecule has 2 aromatic rings. The summed E-state index contributed by atoms with van der Waals surface area (Å²) in [5.74, 6) is 1.67. The Labute approximate surface area is 101 Å². The molecule has 88 valence electrons. The van der Waals surface area contributed by atoms with Crippen LogP contribution in [0.25, 0.3) is 11.4 Å². The molecule has 1 aliphatic heterocycles. The normalized spacial score (nSPS) is 19.0. The quantitative estimate of drug-likeness (QED) is 0.761. The average molecular weight is 227 g/mol. The Balaban J connectivity index is 2.10. The van der Waals surface area contributed by atoms with Gasteiger partial charge in [0.25, 0.3) is 0 Å². The molecule has 0 saturated heterocycles. The van der Waals surface area contributed by atoms with Gasteiger partial charge in [-0.05, 0) is 30.9 Å². The molecule has 1 atom stereocenters. The van der Waals surface area contributed by atoms with Crippen molar-refractivity contribution < 1.29 is 0 Å². The summed E-state index contributed by atoms with van der Waals surface area (Å²) in [6.07, 6.45) is 4.52. The first-order chi connectivity index (χ1) is 8.25. The highest BCUT2D eigenvalue weighted by molar-refractivity contribution is 5.62. The van der Waals surface area contributed by atoms with Crippen LogP contribution in [0.3, 0.4) is 0 Å². The zero-order valence-corrected chi connectivity index (χ0v) is 10.1. The first-order valence-corrected chi connectivity index (χ1v) is 6.17. The van der Waals surface area contributed by atoms with Gasteiger partial charge in [-0.1, -0.05) is 19.1 Å². The fraction of sp³-hybridized carbons (Fsp3) is 0.357. The Morgan fingerprint density at radius 3 is 3.12 bits per heavy atom. The molecule has 0 bridgehead atoms. The zero-order chi connectivity index (χ0) is 11.8. The topological polar surface area (TPSA) is 43.8 Å². The third-order valence-electron chi connectivity index (χ3n) is 3.56. The van der Waals surface area contributed by atoms with E-state index in [9.17, 15) is 0 Å². The molecule has 2 N–H and O–H groups in total. The van der Waals surface area contributed by atoms with Crippen LogP contribution in [0.4, 0.5) is 5.69 Å². The molecule has 1 aromatic heterocycles. The number of anilines is 1. The van der Waals surface area contributed by atoms with Gasteiger partial charge in [-0.3, -0.25) is 0 Å². The molecular formula is C14H17N3. The highest BCUT2D eigenvalue weighted by atomic mass is 15.1. The third kappa shape index (κ3) is 1.71. The van der Waals surface area contributed by atoms with E-state index in [2.05, 4.69) is 22.5 Å². The fourth-order valence-electron chi connectivity index (χ4n) is 2.63. The van der Waals surface area contributed by atoms with Gasteiger partial charge in [0.15, 0.2) is 0 Å². The van der Waals surface area contributed by atoms with Crippen LogP contribution in [-0.4, -0.2) is 9.55 Å². The lowest BCUT2D eigenvalue weighted by atomic mass is 9.98. The Kier molecular flexibility index (Phi) is 2.39. The minimum Gasteiger partial charge on any atom is -0.399 e. The molecule has 17 heavy (non-hydrogen) atoms. The number of nitrogen functional groups attached to an aromatic ring is 1. The number of nitrogens with two attached hydrogens (primary N) is 1. The maximum atomic E-state index is 5.83. The van der Waals surface area contributed by atoms with Crippen molar-refractivity contribution in [1.29, 1.82) is 0 Å². The van der Waals surface area contributed by atoms with Gasteiger partial charge in [0.1, 0.15) is 5.82 Å². The van der Waals surface area contributed by atoms with E-state index >= 15 is 0 Å². The maximum Gasteiger partial charge on any atom is 0.140 e. The van der Waals surface area contributed by atoms with Crippen LogP contribution in [0.5, 0.6) is 0 Å². The summed E-state index contributed by atoms with van der Waals surface area (Å²) in [4.78, 5) is 4.57. The number of aromatic nitrogens is 2. The lowest BCUT2D eigenvalue weighted by Gasteiger charge is -2.22. The zero-order valence-electron chi connectivity index (χ0n) is 10.1. The highest BCUT2D eigenvalue weighted by Gasteiger charge is 2.20. The molecule has 0 aliphatic carbocycles. The van der Waals surface area contributed by atoms with Crippen molar-refractivity contribution in [3.8, 4) is 11.4 Å². The number of benzene rings is 1. The molecule has 1 unspecified atom stereocenters. The standard InChI is InChI=1S/C14H17N3/c1-10-4-3-7-17-13(10)9-16-14(17)11-5-2-6-12(15)8-11/h2,5-6,8-10H,3-4,7,15H2,1H3. The monoisotopic (exact) mass is 227 g/mol. The predicted molar refractivity (Wildman–Crippen MR) is 69.7 cm³/mol. The van der Waals surface area contributed by atoms with Gasteiger partial charge in [-0.25, -0.2) is 4.98 Å². The fourth-order valence-corrected chi connectivity index (χ4v) is 2.63. The van der Waals surface area contributed by atoms with Crippen molar-refractivity contribution in [1.82, 2.24) is 9.55 Å². The predicted octanol–water partition coefficient (Wildman–Crippen LogP) is 3.03. The van der Waals surface area contributed by atoms with Crippen molar-refractivity contribution in [2.24, 2.45) is 0 Å². The van der Waals surface area contributed by atoms with Crippen LogP contribution < -0.4 is 5.73 Å². The van der Waals surface area contributed by atoms with E-state index in [0.717, 1.165) is 23.6 Å². The van der Waals surface area contributed by atoms with Gasteiger partial charge in [0.2, 0.25) is 0 Å². The van der Waals surface area contributed by atoms with E-state index in [4.69, 9.17) is 5.73 Å². The van der Waals surface area contributed by atoms with Gasteiger partial charge >= 0.3 is 0 Å². The molecule has 3 heteroatoms. The molecule has 0 fully saturated rings. The van der Waals surface area contributed by atoms with Crippen LogP contribution >= 0.6 is 0 Å². The Morgan fingerprint density at radius 1 is 1.41 bits per heavy atom. The van der Waals surface area contributed by atoms with Crippen molar-refractivity contribution in [3.63, 3.8) is 0 Å². The van der Waals surface area contributed by atoms with E-state index in [1.54, 1.807) is 0 Å². The van der Waals surface area contributed by atoms with E-state index in [1.165, 1.54) is 18.5 Å². The Hall–Kier alpha value is -1.77. The molecule has 2 heterocycles. The van der Waals surface area contributed by atoms with Crippen molar-refractivity contribution in [3.05, 3.63) is 36.2 Å². The number of rotatable bonds is 1. The molecule has 0 radical (unpaired) electrons. The van der Waals surface area contributed by atoms with Crippen molar-refractivity contribution in [2.75, 3.05) is 5.73 Å². The smallest absolute Gasteiger partial charge is 0.140 e. The summed E-state index contributed by atoms with van der Waals surface area (Å²) >= 11 is 0. The molecule has 0 spiro atoms. The summed E-state index contributed by atoms with van der Waals surface area (Å²) in [5, 5.41) is 0. The molecular weight excluding hydrogens is 210 g/mol. The number of nitrogens with zero attached hydrogens (tertiary/aromatic N) is 2. The lowest BCUT2D eigenvalue weighted by Crippen LogP contribution is -2.13. The largest absolute Gasteiger partial charge is 0.399 e. The highest BCUT2D eigenvalue weighted by Crippen LogP contribution is 2.31. The van der Waals surface area contributed by atoms with Crippen LogP contribution in [0.1, 0.15) is 31.4 Å². The molecule has 0 amide bonds. The second-order valence-electron chi connectivity index (χ2n) is 4.83. The van der Waals surface area contributed by atoms with E-state index in [0.29, 0.717) is 5.92 Å². The van der Waals surface area contributed by atoms with Gasteiger partial charge in [-0.15, -0.1) is 0 Å². The molecule has 1 aromatic carbocycles. The molecule has 1 aliphatic rings. The van der Waals surface area contributed by atoms with Gasteiger partial charge in [0, 0.05) is 29.7 Å². The summed E-state index contributed by atoms with van der Waals surface area (Å²) in [6.45, 7) is 3.35. The molecule has 3 nitrogen and oxygen atoms in total. The maximum absolute atomic E-state index is 5.83. The van der Waals surface area contributed by atoms with E-state index < -0.39 is 0 Å². The minimum absolute atomic E-state index is 0.617. The lowest BCUT2D eigenvalue weighted by molar-refractivity contribution is 0.478. The second-order valence-corrected chi connectivity index (χ2v) is 4.83. The third-order valence-corrected chi connectivity index (χ3v) is 3.56. The average Bonchev–Trinajstić information content (AvgIpc) is 2.74. The van der Waals surface area contributed by atoms with Gasteiger partial charge in [-0.2, -0.15) is 0 Å². The molecule has 0 saturated carbocycles. The van der Waals surface area contributed by atoms with Crippen LogP contribution in [0.2, 0.25) is 0 Å². The number of fused-ring (bicyclic) bond motifs is 1. The molecule has 3 rings (SSSR count). The summed E-state index contributed by atoms with van der Waals surface area (Å²) < 4.78 is 2.34. The van der Waals surface area contributed by atoms with Crippen LogP contribution in [-0.2, 0) is 6.54 Å². The Bertz CT molecular complexity index is 542.